The SMILES string of the molecule is O=C(NCCNc1cccc(C(F)(F)F)n1)C1CC1. The molecule has 1 aliphatic carbocycles. The highest BCUT2D eigenvalue weighted by Crippen LogP contribution is 2.29. The molecule has 0 atom stereocenters. The first-order valence-corrected chi connectivity index (χ1v) is 6.02. The Morgan fingerprint density at radius 1 is 1.32 bits per heavy atom. The van der Waals surface area contributed by atoms with Crippen LogP contribution in [0.2, 0.25) is 0 Å². The maximum Gasteiger partial charge on any atom is 0.433 e. The quantitative estimate of drug-likeness (QED) is 0.807. The number of aromatic nitrogens is 1. The number of hydrogen-bond donors (Lipinski definition) is 2. The van der Waals surface area contributed by atoms with Gasteiger partial charge in [-0.1, -0.05) is 6.07 Å². The van der Waals surface area contributed by atoms with Crippen molar-refractivity contribution >= 4 is 11.7 Å². The number of carbonyl (C=O) groups excluding carboxylic acids is 1. The zero-order chi connectivity index (χ0) is 13.9. The molecule has 104 valence electrons. The second-order valence-electron chi connectivity index (χ2n) is 4.40. The van der Waals surface area contributed by atoms with Crippen LogP contribution in [0, 0.1) is 5.92 Å². The van der Waals surface area contributed by atoms with Crippen molar-refractivity contribution in [2.45, 2.75) is 19.0 Å². The summed E-state index contributed by atoms with van der Waals surface area (Å²) in [5.41, 5.74) is -0.931. The number of anilines is 1. The minimum Gasteiger partial charge on any atom is -0.368 e. The van der Waals surface area contributed by atoms with E-state index in [0.717, 1.165) is 18.9 Å². The van der Waals surface area contributed by atoms with Gasteiger partial charge in [0.05, 0.1) is 0 Å². The Morgan fingerprint density at radius 2 is 2.05 bits per heavy atom. The van der Waals surface area contributed by atoms with Crippen LogP contribution in [-0.4, -0.2) is 24.0 Å². The number of pyridine rings is 1. The van der Waals surface area contributed by atoms with Crippen LogP contribution < -0.4 is 10.6 Å². The third-order valence-electron chi connectivity index (χ3n) is 2.72. The molecule has 1 aliphatic rings. The van der Waals surface area contributed by atoms with Crippen LogP contribution in [0.5, 0.6) is 0 Å². The summed E-state index contributed by atoms with van der Waals surface area (Å²) in [5, 5.41) is 5.45. The average Bonchev–Trinajstić information content (AvgIpc) is 3.18. The van der Waals surface area contributed by atoms with Crippen LogP contribution in [0.4, 0.5) is 19.0 Å². The van der Waals surface area contributed by atoms with Crippen molar-refractivity contribution < 1.29 is 18.0 Å². The lowest BCUT2D eigenvalue weighted by Crippen LogP contribution is -2.30. The fourth-order valence-electron chi connectivity index (χ4n) is 1.56. The number of nitrogens with zero attached hydrogens (tertiary/aromatic N) is 1. The molecule has 0 saturated heterocycles. The van der Waals surface area contributed by atoms with Crippen LogP contribution in [0.3, 0.4) is 0 Å². The molecule has 1 aromatic heterocycles. The first-order chi connectivity index (χ1) is 8.97. The van der Waals surface area contributed by atoms with Crippen molar-refractivity contribution in [1.29, 1.82) is 0 Å². The molecule has 0 bridgehead atoms. The van der Waals surface area contributed by atoms with Gasteiger partial charge in [0.2, 0.25) is 5.91 Å². The minimum absolute atomic E-state index is 0.0128. The number of hydrogen-bond acceptors (Lipinski definition) is 3. The Balaban J connectivity index is 1.77. The highest BCUT2D eigenvalue weighted by molar-refractivity contribution is 5.80. The maximum absolute atomic E-state index is 12.4. The van der Waals surface area contributed by atoms with E-state index in [4.69, 9.17) is 0 Å². The number of halogens is 3. The second kappa shape index (κ2) is 5.46. The van der Waals surface area contributed by atoms with Gasteiger partial charge in [-0.25, -0.2) is 4.98 Å². The molecule has 0 aliphatic heterocycles. The van der Waals surface area contributed by atoms with E-state index in [1.807, 2.05) is 0 Å². The predicted octanol–water partition coefficient (Wildman–Crippen LogP) is 2.04. The van der Waals surface area contributed by atoms with Gasteiger partial charge in [-0.3, -0.25) is 4.79 Å². The lowest BCUT2D eigenvalue weighted by molar-refractivity contribution is -0.141. The first-order valence-electron chi connectivity index (χ1n) is 6.02. The van der Waals surface area contributed by atoms with E-state index in [2.05, 4.69) is 15.6 Å². The van der Waals surface area contributed by atoms with Gasteiger partial charge in [0.15, 0.2) is 0 Å². The van der Waals surface area contributed by atoms with E-state index >= 15 is 0 Å². The zero-order valence-corrected chi connectivity index (χ0v) is 10.1. The van der Waals surface area contributed by atoms with E-state index in [-0.39, 0.29) is 17.6 Å². The van der Waals surface area contributed by atoms with Gasteiger partial charge in [0, 0.05) is 19.0 Å². The Kier molecular flexibility index (Phi) is 3.92. The minimum atomic E-state index is -4.45. The Morgan fingerprint density at radius 3 is 2.68 bits per heavy atom. The highest BCUT2D eigenvalue weighted by Gasteiger charge is 2.32. The third-order valence-corrected chi connectivity index (χ3v) is 2.72. The molecule has 0 unspecified atom stereocenters. The largest absolute Gasteiger partial charge is 0.433 e. The predicted molar refractivity (Wildman–Crippen MR) is 63.5 cm³/mol. The monoisotopic (exact) mass is 273 g/mol. The molecule has 1 fully saturated rings. The molecular formula is C12H14F3N3O. The molecule has 1 saturated carbocycles. The number of carbonyl (C=O) groups is 1. The number of amides is 1. The Bertz CT molecular complexity index is 458. The molecule has 7 heteroatoms. The summed E-state index contributed by atoms with van der Waals surface area (Å²) in [4.78, 5) is 14.8. The normalized spacial score (nSPS) is 15.1. The second-order valence-corrected chi connectivity index (χ2v) is 4.40. The zero-order valence-electron chi connectivity index (χ0n) is 10.1. The molecule has 1 heterocycles. The van der Waals surface area contributed by atoms with E-state index in [1.165, 1.54) is 12.1 Å². The number of rotatable bonds is 5. The molecule has 2 N–H and O–H groups in total. The Labute approximate surface area is 108 Å². The van der Waals surface area contributed by atoms with Gasteiger partial charge in [0.1, 0.15) is 11.5 Å². The molecule has 0 radical (unpaired) electrons. The van der Waals surface area contributed by atoms with Gasteiger partial charge in [-0.2, -0.15) is 13.2 Å². The van der Waals surface area contributed by atoms with Gasteiger partial charge >= 0.3 is 6.18 Å². The molecule has 0 aromatic carbocycles. The highest BCUT2D eigenvalue weighted by atomic mass is 19.4. The lowest BCUT2D eigenvalue weighted by Gasteiger charge is -2.10. The molecule has 0 spiro atoms. The van der Waals surface area contributed by atoms with Gasteiger partial charge in [-0.05, 0) is 25.0 Å². The average molecular weight is 273 g/mol. The maximum atomic E-state index is 12.4. The summed E-state index contributed by atoms with van der Waals surface area (Å²) in [5.74, 6) is 0.293. The molecule has 1 amide bonds. The van der Waals surface area contributed by atoms with Crippen molar-refractivity contribution in [3.63, 3.8) is 0 Å². The molecule has 4 nitrogen and oxygen atoms in total. The van der Waals surface area contributed by atoms with E-state index < -0.39 is 11.9 Å². The van der Waals surface area contributed by atoms with Crippen LogP contribution in [0.25, 0.3) is 0 Å². The van der Waals surface area contributed by atoms with Crippen LogP contribution >= 0.6 is 0 Å². The standard InChI is InChI=1S/C12H14F3N3O/c13-12(14,15)9-2-1-3-10(18-9)16-6-7-17-11(19)8-4-5-8/h1-3,8H,4-7H2,(H,16,18)(H,17,19). The molecular weight excluding hydrogens is 259 g/mol. The van der Waals surface area contributed by atoms with Gasteiger partial charge in [0.25, 0.3) is 0 Å². The van der Waals surface area contributed by atoms with E-state index in [9.17, 15) is 18.0 Å². The molecule has 1 aromatic rings. The summed E-state index contributed by atoms with van der Waals surface area (Å²) < 4.78 is 37.2. The van der Waals surface area contributed by atoms with Crippen molar-refractivity contribution in [2.24, 2.45) is 5.92 Å². The van der Waals surface area contributed by atoms with Gasteiger partial charge in [-0.15, -0.1) is 0 Å². The lowest BCUT2D eigenvalue weighted by atomic mass is 10.3. The molecule has 2 rings (SSSR count). The van der Waals surface area contributed by atoms with E-state index in [0.29, 0.717) is 13.1 Å². The summed E-state index contributed by atoms with van der Waals surface area (Å²) in [6.45, 7) is 0.708. The fourth-order valence-corrected chi connectivity index (χ4v) is 1.56. The van der Waals surface area contributed by atoms with Crippen molar-refractivity contribution in [3.05, 3.63) is 23.9 Å². The topological polar surface area (TPSA) is 54.0 Å². The van der Waals surface area contributed by atoms with Crippen LogP contribution in [0.15, 0.2) is 18.2 Å². The number of nitrogens with one attached hydrogen (secondary N) is 2. The van der Waals surface area contributed by atoms with Crippen molar-refractivity contribution in [2.75, 3.05) is 18.4 Å². The van der Waals surface area contributed by atoms with E-state index in [1.54, 1.807) is 0 Å². The van der Waals surface area contributed by atoms with Crippen LogP contribution in [0.1, 0.15) is 18.5 Å². The smallest absolute Gasteiger partial charge is 0.368 e. The Hall–Kier alpha value is -1.79. The van der Waals surface area contributed by atoms with Crippen LogP contribution in [-0.2, 0) is 11.0 Å². The summed E-state index contributed by atoms with van der Waals surface area (Å²) >= 11 is 0. The summed E-state index contributed by atoms with van der Waals surface area (Å²) in [6, 6.07) is 3.67. The molecule has 19 heavy (non-hydrogen) atoms. The van der Waals surface area contributed by atoms with Crippen molar-refractivity contribution in [3.8, 4) is 0 Å². The third kappa shape index (κ3) is 4.11. The summed E-state index contributed by atoms with van der Waals surface area (Å²) in [6.07, 6.45) is -2.60. The fraction of sp³-hybridized carbons (Fsp3) is 0.500. The summed E-state index contributed by atoms with van der Waals surface area (Å²) in [7, 11) is 0. The number of alkyl halides is 3. The van der Waals surface area contributed by atoms with Gasteiger partial charge < -0.3 is 10.6 Å². The first kappa shape index (κ1) is 13.6. The van der Waals surface area contributed by atoms with Crippen molar-refractivity contribution in [1.82, 2.24) is 10.3 Å².